The summed E-state index contributed by atoms with van der Waals surface area (Å²) < 4.78 is 0.757. The van der Waals surface area contributed by atoms with Crippen LogP contribution < -0.4 is 5.32 Å². The van der Waals surface area contributed by atoms with Gasteiger partial charge in [-0.25, -0.2) is 0 Å². The van der Waals surface area contributed by atoms with Crippen molar-refractivity contribution < 1.29 is 0 Å². The number of nitrogens with zero attached hydrogens (tertiary/aromatic N) is 2. The summed E-state index contributed by atoms with van der Waals surface area (Å²) in [6.45, 7) is 11.2. The van der Waals surface area contributed by atoms with Crippen LogP contribution in [0.25, 0.3) is 0 Å². The number of allylic oxidation sites excluding steroid dienone is 3. The van der Waals surface area contributed by atoms with Gasteiger partial charge in [0, 0.05) is 30.7 Å². The summed E-state index contributed by atoms with van der Waals surface area (Å²) >= 11 is 3.28. The van der Waals surface area contributed by atoms with E-state index in [1.807, 2.05) is 6.08 Å². The van der Waals surface area contributed by atoms with Crippen molar-refractivity contribution in [3.63, 3.8) is 0 Å². The maximum Gasteiger partial charge on any atom is 0.101 e. The largest absolute Gasteiger partial charge is 0.368 e. The molecule has 0 unspecified atom stereocenters. The van der Waals surface area contributed by atoms with Gasteiger partial charge in [-0.2, -0.15) is 5.26 Å². The Morgan fingerprint density at radius 1 is 1.40 bits per heavy atom. The molecule has 0 aliphatic carbocycles. The average Bonchev–Trinajstić information content (AvgIpc) is 2.26. The Morgan fingerprint density at radius 3 is 2.47 bits per heavy atom. The molecule has 1 N–H and O–H groups in total. The Hall–Kier alpha value is -1.05. The SMILES string of the molecule is C=C(Br)/C=C(\C(=C)C#N)N1CCNCC1. The van der Waals surface area contributed by atoms with Crippen LogP contribution in [0.5, 0.6) is 0 Å². The molecule has 1 aliphatic rings. The normalized spacial score (nSPS) is 17.1. The van der Waals surface area contributed by atoms with E-state index >= 15 is 0 Å². The van der Waals surface area contributed by atoms with Crippen molar-refractivity contribution in [1.29, 1.82) is 5.26 Å². The van der Waals surface area contributed by atoms with Gasteiger partial charge in [0.1, 0.15) is 6.07 Å². The van der Waals surface area contributed by atoms with E-state index < -0.39 is 0 Å². The lowest BCUT2D eigenvalue weighted by molar-refractivity contribution is 0.305. The first-order valence-electron chi connectivity index (χ1n) is 4.76. The second-order valence-electron chi connectivity index (χ2n) is 3.30. The van der Waals surface area contributed by atoms with Gasteiger partial charge in [0.25, 0.3) is 0 Å². The predicted molar refractivity (Wildman–Crippen MR) is 65.3 cm³/mol. The van der Waals surface area contributed by atoms with Gasteiger partial charge in [-0.05, 0) is 6.08 Å². The van der Waals surface area contributed by atoms with Crippen molar-refractivity contribution >= 4 is 15.9 Å². The Balaban J connectivity index is 2.85. The van der Waals surface area contributed by atoms with Crippen LogP contribution in [0.15, 0.2) is 35.0 Å². The van der Waals surface area contributed by atoms with E-state index in [9.17, 15) is 0 Å². The minimum absolute atomic E-state index is 0.484. The first kappa shape index (κ1) is 12.0. The van der Waals surface area contributed by atoms with Gasteiger partial charge in [0.2, 0.25) is 0 Å². The van der Waals surface area contributed by atoms with E-state index in [1.54, 1.807) is 0 Å². The molecule has 1 fully saturated rings. The van der Waals surface area contributed by atoms with Crippen molar-refractivity contribution in [3.8, 4) is 6.07 Å². The van der Waals surface area contributed by atoms with Crippen LogP contribution in [-0.4, -0.2) is 31.1 Å². The van der Waals surface area contributed by atoms with Crippen LogP contribution in [0, 0.1) is 11.3 Å². The van der Waals surface area contributed by atoms with Gasteiger partial charge < -0.3 is 10.2 Å². The molecule has 0 radical (unpaired) electrons. The molecule has 0 atom stereocenters. The zero-order chi connectivity index (χ0) is 11.3. The van der Waals surface area contributed by atoms with Crippen LogP contribution in [0.4, 0.5) is 0 Å². The molecule has 15 heavy (non-hydrogen) atoms. The molecule has 0 bridgehead atoms. The van der Waals surface area contributed by atoms with Gasteiger partial charge >= 0.3 is 0 Å². The Kier molecular flexibility index (Phi) is 4.60. The minimum atomic E-state index is 0.484. The molecule has 1 heterocycles. The van der Waals surface area contributed by atoms with Crippen LogP contribution in [0.3, 0.4) is 0 Å². The fourth-order valence-corrected chi connectivity index (χ4v) is 1.70. The summed E-state index contributed by atoms with van der Waals surface area (Å²) in [7, 11) is 0. The molecule has 0 aromatic rings. The van der Waals surface area contributed by atoms with Gasteiger partial charge in [-0.15, -0.1) is 0 Å². The van der Waals surface area contributed by atoms with E-state index in [4.69, 9.17) is 5.26 Å². The highest BCUT2D eigenvalue weighted by Crippen LogP contribution is 2.18. The molecule has 1 saturated heterocycles. The first-order chi connectivity index (χ1) is 7.15. The van der Waals surface area contributed by atoms with Crippen molar-refractivity contribution in [2.24, 2.45) is 0 Å². The van der Waals surface area contributed by atoms with Gasteiger partial charge in [-0.3, -0.25) is 0 Å². The molecule has 1 rings (SSSR count). The van der Waals surface area contributed by atoms with Gasteiger partial charge in [0.05, 0.1) is 11.3 Å². The molecule has 0 amide bonds. The molecule has 0 aromatic heterocycles. The fraction of sp³-hybridized carbons (Fsp3) is 0.364. The number of nitriles is 1. The lowest BCUT2D eigenvalue weighted by atomic mass is 10.2. The van der Waals surface area contributed by atoms with Crippen LogP contribution >= 0.6 is 15.9 Å². The summed E-state index contributed by atoms with van der Waals surface area (Å²) in [6, 6.07) is 2.08. The van der Waals surface area contributed by atoms with Crippen LogP contribution in [0.2, 0.25) is 0 Å². The highest BCUT2D eigenvalue weighted by molar-refractivity contribution is 9.11. The molecule has 0 aromatic carbocycles. The van der Waals surface area contributed by atoms with Crippen LogP contribution in [-0.2, 0) is 0 Å². The summed E-state index contributed by atoms with van der Waals surface area (Å²) in [6.07, 6.45) is 1.84. The molecule has 0 saturated carbocycles. The van der Waals surface area contributed by atoms with E-state index in [1.165, 1.54) is 0 Å². The average molecular weight is 268 g/mol. The van der Waals surface area contributed by atoms with Crippen molar-refractivity contribution in [2.75, 3.05) is 26.2 Å². The number of halogens is 1. The quantitative estimate of drug-likeness (QED) is 0.626. The maximum atomic E-state index is 8.87. The monoisotopic (exact) mass is 267 g/mol. The lowest BCUT2D eigenvalue weighted by Gasteiger charge is -2.31. The molecule has 4 heteroatoms. The van der Waals surface area contributed by atoms with E-state index in [-0.39, 0.29) is 0 Å². The summed E-state index contributed by atoms with van der Waals surface area (Å²) in [5.41, 5.74) is 1.35. The van der Waals surface area contributed by atoms with E-state index in [2.05, 4.69) is 45.4 Å². The number of nitrogens with one attached hydrogen (secondary N) is 1. The van der Waals surface area contributed by atoms with Crippen LogP contribution in [0.1, 0.15) is 0 Å². The second-order valence-corrected chi connectivity index (χ2v) is 4.32. The minimum Gasteiger partial charge on any atom is -0.368 e. The van der Waals surface area contributed by atoms with Crippen molar-refractivity contribution in [3.05, 3.63) is 35.0 Å². The number of hydrogen-bond acceptors (Lipinski definition) is 3. The lowest BCUT2D eigenvalue weighted by Crippen LogP contribution is -2.43. The zero-order valence-electron chi connectivity index (χ0n) is 8.59. The standard InChI is InChI=1S/C11H14BrN3/c1-9(8-13)11(7-10(2)12)15-5-3-14-4-6-15/h7,14H,1-6H2/b11-7+. The number of rotatable bonds is 3. The third kappa shape index (κ3) is 3.54. The Bertz CT molecular complexity index is 332. The molecule has 3 nitrogen and oxygen atoms in total. The maximum absolute atomic E-state index is 8.87. The highest BCUT2D eigenvalue weighted by atomic mass is 79.9. The molecule has 1 aliphatic heterocycles. The molecular weight excluding hydrogens is 254 g/mol. The summed E-state index contributed by atoms with van der Waals surface area (Å²) in [5, 5.41) is 12.1. The molecule has 0 spiro atoms. The van der Waals surface area contributed by atoms with Crippen molar-refractivity contribution in [1.82, 2.24) is 10.2 Å². The third-order valence-corrected chi connectivity index (χ3v) is 2.42. The highest BCUT2D eigenvalue weighted by Gasteiger charge is 2.15. The zero-order valence-corrected chi connectivity index (χ0v) is 10.2. The Labute approximate surface area is 98.9 Å². The van der Waals surface area contributed by atoms with Crippen molar-refractivity contribution in [2.45, 2.75) is 0 Å². The molecular formula is C11H14BrN3. The number of hydrogen-bond donors (Lipinski definition) is 1. The first-order valence-corrected chi connectivity index (χ1v) is 5.55. The predicted octanol–water partition coefficient (Wildman–Crippen LogP) is 1.76. The third-order valence-electron chi connectivity index (χ3n) is 2.20. The molecule has 80 valence electrons. The van der Waals surface area contributed by atoms with Gasteiger partial charge in [-0.1, -0.05) is 29.1 Å². The second kappa shape index (κ2) is 5.74. The Morgan fingerprint density at radius 2 is 2.00 bits per heavy atom. The summed E-state index contributed by atoms with van der Waals surface area (Å²) in [5.74, 6) is 0. The number of piperazine rings is 1. The smallest absolute Gasteiger partial charge is 0.101 e. The fourth-order valence-electron chi connectivity index (χ4n) is 1.48. The van der Waals surface area contributed by atoms with Gasteiger partial charge in [0.15, 0.2) is 0 Å². The van der Waals surface area contributed by atoms with E-state index in [0.717, 1.165) is 36.4 Å². The topological polar surface area (TPSA) is 39.1 Å². The summed E-state index contributed by atoms with van der Waals surface area (Å²) in [4.78, 5) is 2.15. The van der Waals surface area contributed by atoms with E-state index in [0.29, 0.717) is 5.57 Å².